The van der Waals surface area contributed by atoms with Gasteiger partial charge in [0.1, 0.15) is 0 Å². The van der Waals surface area contributed by atoms with Crippen LogP contribution in [-0.4, -0.2) is 18.1 Å². The molecule has 0 bridgehead atoms. The second-order valence-electron chi connectivity index (χ2n) is 2.47. The molecule has 0 saturated carbocycles. The highest BCUT2D eigenvalue weighted by Crippen LogP contribution is 2.22. The van der Waals surface area contributed by atoms with Gasteiger partial charge in [-0.15, -0.1) is 11.3 Å². The zero-order chi connectivity index (χ0) is 9.68. The van der Waals surface area contributed by atoms with Gasteiger partial charge in [0, 0.05) is 7.05 Å². The second-order valence-corrected chi connectivity index (χ2v) is 3.41. The maximum atomic E-state index is 10.9. The fourth-order valence-corrected chi connectivity index (χ4v) is 1.67. The minimum atomic E-state index is -0.469. The van der Waals surface area contributed by atoms with Crippen LogP contribution >= 0.6 is 11.3 Å². The Hall–Kier alpha value is -1.10. The normalized spacial score (nSPS) is 9.69. The van der Waals surface area contributed by atoms with Gasteiger partial charge in [-0.3, -0.25) is 0 Å². The number of aryl methyl sites for hydroxylation is 1. The van der Waals surface area contributed by atoms with Crippen molar-refractivity contribution in [1.29, 1.82) is 0 Å². The Bertz CT molecular complexity index is 285. The molecule has 1 amide bonds. The molecule has 0 radical (unpaired) electrons. The molecule has 4 nitrogen and oxygen atoms in total. The van der Waals surface area contributed by atoms with E-state index in [2.05, 4.69) is 17.2 Å². The number of carbonyl (C=O) groups excluding carboxylic acids is 1. The molecule has 0 unspecified atom stereocenters. The zero-order valence-electron chi connectivity index (χ0n) is 7.66. The molecule has 0 aliphatic rings. The van der Waals surface area contributed by atoms with E-state index in [-0.39, 0.29) is 0 Å². The van der Waals surface area contributed by atoms with Gasteiger partial charge in [-0.2, -0.15) is 0 Å². The summed E-state index contributed by atoms with van der Waals surface area (Å²) in [5.41, 5.74) is 1.68. The number of nitrogens with zero attached hydrogens (tertiary/aromatic N) is 1. The Morgan fingerprint density at radius 1 is 1.77 bits per heavy atom. The van der Waals surface area contributed by atoms with E-state index in [9.17, 15) is 4.79 Å². The lowest BCUT2D eigenvalue weighted by Gasteiger charge is -2.01. The molecule has 72 valence electrons. The van der Waals surface area contributed by atoms with E-state index in [4.69, 9.17) is 4.74 Å². The van der Waals surface area contributed by atoms with Crippen molar-refractivity contribution < 1.29 is 9.53 Å². The summed E-state index contributed by atoms with van der Waals surface area (Å²) < 4.78 is 4.94. The first kappa shape index (κ1) is 9.98. The average molecular weight is 200 g/mol. The summed E-state index contributed by atoms with van der Waals surface area (Å²) in [5, 5.41) is 2.38. The van der Waals surface area contributed by atoms with Crippen molar-refractivity contribution in [3.05, 3.63) is 10.4 Å². The van der Waals surface area contributed by atoms with E-state index in [1.807, 2.05) is 0 Å². The molecular formula is C8H12N2O2S. The summed E-state index contributed by atoms with van der Waals surface area (Å²) >= 11 is 1.51. The number of carbonyl (C=O) groups is 1. The summed E-state index contributed by atoms with van der Waals surface area (Å²) in [6.45, 7) is 2.07. The number of nitrogens with one attached hydrogen (secondary N) is 1. The monoisotopic (exact) mass is 200 g/mol. The number of ether oxygens (including phenoxy) is 1. The highest BCUT2D eigenvalue weighted by Gasteiger charge is 2.09. The van der Waals surface area contributed by atoms with Gasteiger partial charge >= 0.3 is 6.09 Å². The first-order valence-corrected chi connectivity index (χ1v) is 4.97. The molecule has 5 heteroatoms. The highest BCUT2D eigenvalue weighted by molar-refractivity contribution is 7.09. The zero-order valence-corrected chi connectivity index (χ0v) is 8.48. The van der Waals surface area contributed by atoms with Crippen LogP contribution in [0.15, 0.2) is 5.51 Å². The van der Waals surface area contributed by atoms with Crippen LogP contribution in [0.2, 0.25) is 0 Å². The molecule has 0 saturated heterocycles. The quantitative estimate of drug-likeness (QED) is 0.809. The second kappa shape index (κ2) is 4.81. The fraction of sp³-hybridized carbons (Fsp3) is 0.500. The average Bonchev–Trinajstić information content (AvgIpc) is 2.54. The number of hydrogen-bond acceptors (Lipinski definition) is 4. The standard InChI is InChI=1S/C8H12N2O2S/c1-3-4-6-7(10-5-13-6)12-8(11)9-2/h5H,3-4H2,1-2H3,(H,9,11). The Labute approximate surface area is 80.9 Å². The SMILES string of the molecule is CCCc1scnc1OC(=O)NC. The number of thiazole rings is 1. The van der Waals surface area contributed by atoms with Gasteiger partial charge in [0.25, 0.3) is 0 Å². The van der Waals surface area contributed by atoms with Gasteiger partial charge in [0.15, 0.2) is 0 Å². The van der Waals surface area contributed by atoms with Gasteiger partial charge < -0.3 is 10.1 Å². The third-order valence-electron chi connectivity index (χ3n) is 1.47. The number of aromatic nitrogens is 1. The van der Waals surface area contributed by atoms with Crippen molar-refractivity contribution in [2.75, 3.05) is 7.05 Å². The fourth-order valence-electron chi connectivity index (χ4n) is 0.875. The molecule has 0 atom stereocenters. The van der Waals surface area contributed by atoms with E-state index in [0.717, 1.165) is 17.7 Å². The molecule has 1 heterocycles. The lowest BCUT2D eigenvalue weighted by molar-refractivity contribution is 0.201. The lowest BCUT2D eigenvalue weighted by atomic mass is 10.3. The maximum absolute atomic E-state index is 10.9. The number of hydrogen-bond donors (Lipinski definition) is 1. The summed E-state index contributed by atoms with van der Waals surface area (Å²) in [7, 11) is 1.52. The third-order valence-corrected chi connectivity index (χ3v) is 2.35. The molecule has 0 fully saturated rings. The van der Waals surface area contributed by atoms with Crippen LogP contribution in [0.3, 0.4) is 0 Å². The van der Waals surface area contributed by atoms with Crippen molar-refractivity contribution in [2.45, 2.75) is 19.8 Å². The highest BCUT2D eigenvalue weighted by atomic mass is 32.1. The Morgan fingerprint density at radius 2 is 2.54 bits per heavy atom. The van der Waals surface area contributed by atoms with E-state index in [1.54, 1.807) is 5.51 Å². The van der Waals surface area contributed by atoms with Crippen LogP contribution in [0.1, 0.15) is 18.2 Å². The largest absolute Gasteiger partial charge is 0.413 e. The van der Waals surface area contributed by atoms with Crippen molar-refractivity contribution in [3.8, 4) is 5.88 Å². The van der Waals surface area contributed by atoms with E-state index >= 15 is 0 Å². The minimum Gasteiger partial charge on any atom is -0.390 e. The van der Waals surface area contributed by atoms with Crippen molar-refractivity contribution in [1.82, 2.24) is 10.3 Å². The van der Waals surface area contributed by atoms with Crippen LogP contribution in [0, 0.1) is 0 Å². The summed E-state index contributed by atoms with van der Waals surface area (Å²) in [6, 6.07) is 0. The van der Waals surface area contributed by atoms with Crippen molar-refractivity contribution in [3.63, 3.8) is 0 Å². The Morgan fingerprint density at radius 3 is 3.15 bits per heavy atom. The smallest absolute Gasteiger partial charge is 0.390 e. The number of amides is 1. The van der Waals surface area contributed by atoms with Crippen LogP contribution in [0.4, 0.5) is 4.79 Å². The van der Waals surface area contributed by atoms with Crippen LogP contribution in [0.5, 0.6) is 5.88 Å². The Balaban J connectivity index is 2.64. The molecule has 13 heavy (non-hydrogen) atoms. The van der Waals surface area contributed by atoms with Crippen LogP contribution < -0.4 is 10.1 Å². The molecule has 0 aliphatic carbocycles. The summed E-state index contributed by atoms with van der Waals surface area (Å²) in [4.78, 5) is 15.8. The molecule has 1 aromatic rings. The predicted molar refractivity (Wildman–Crippen MR) is 51.2 cm³/mol. The van der Waals surface area contributed by atoms with Crippen molar-refractivity contribution >= 4 is 17.4 Å². The van der Waals surface area contributed by atoms with Crippen LogP contribution in [-0.2, 0) is 6.42 Å². The first-order valence-electron chi connectivity index (χ1n) is 4.09. The van der Waals surface area contributed by atoms with Gasteiger partial charge in [0.05, 0.1) is 10.4 Å². The van der Waals surface area contributed by atoms with Gasteiger partial charge in [-0.05, 0) is 6.42 Å². The maximum Gasteiger partial charge on any atom is 0.413 e. The van der Waals surface area contributed by atoms with Gasteiger partial charge in [0.2, 0.25) is 5.88 Å². The minimum absolute atomic E-state index is 0.436. The third kappa shape index (κ3) is 2.69. The van der Waals surface area contributed by atoms with E-state index in [0.29, 0.717) is 5.88 Å². The molecular weight excluding hydrogens is 188 g/mol. The molecule has 1 N–H and O–H groups in total. The van der Waals surface area contributed by atoms with E-state index in [1.165, 1.54) is 18.4 Å². The topological polar surface area (TPSA) is 51.2 Å². The molecule has 0 aromatic carbocycles. The number of rotatable bonds is 3. The predicted octanol–water partition coefficient (Wildman–Crippen LogP) is 1.81. The molecule has 0 aliphatic heterocycles. The summed E-state index contributed by atoms with van der Waals surface area (Å²) in [6.07, 6.45) is 1.45. The van der Waals surface area contributed by atoms with Crippen LogP contribution in [0.25, 0.3) is 0 Å². The van der Waals surface area contributed by atoms with Gasteiger partial charge in [-0.25, -0.2) is 9.78 Å². The molecule has 1 aromatic heterocycles. The Kier molecular flexibility index (Phi) is 3.70. The summed E-state index contributed by atoms with van der Waals surface area (Å²) in [5.74, 6) is 0.436. The first-order chi connectivity index (χ1) is 6.27. The molecule has 0 spiro atoms. The van der Waals surface area contributed by atoms with Gasteiger partial charge in [-0.1, -0.05) is 13.3 Å². The van der Waals surface area contributed by atoms with Crippen molar-refractivity contribution in [2.24, 2.45) is 0 Å². The molecule has 1 rings (SSSR count). The lowest BCUT2D eigenvalue weighted by Crippen LogP contribution is -2.22. The van der Waals surface area contributed by atoms with E-state index < -0.39 is 6.09 Å².